The Bertz CT molecular complexity index is 494. The summed E-state index contributed by atoms with van der Waals surface area (Å²) < 4.78 is 0. The first-order chi connectivity index (χ1) is 10.2. The zero-order valence-electron chi connectivity index (χ0n) is 13.0. The Labute approximate surface area is 139 Å². The molecule has 2 aliphatic heterocycles. The average Bonchev–Trinajstić information content (AvgIpc) is 3.01. The molecule has 2 heterocycles. The molecule has 2 saturated heterocycles. The summed E-state index contributed by atoms with van der Waals surface area (Å²) in [7, 11) is 0. The fourth-order valence-electron chi connectivity index (χ4n) is 3.48. The van der Waals surface area contributed by atoms with Crippen molar-refractivity contribution < 1.29 is 4.79 Å². The molecule has 0 aliphatic carbocycles. The van der Waals surface area contributed by atoms with E-state index in [0.717, 1.165) is 51.3 Å². The lowest BCUT2D eigenvalue weighted by molar-refractivity contribution is -0.136. The molecule has 0 bridgehead atoms. The standard InChI is InChI=1S/C17H25N3O.ClH/c18-16-5-3-4-14(12-16)13-19-10-6-15(7-11-19)17(21)20-8-1-2-9-20;/h3-5,12,15H,1-2,6-11,13,18H2;1H. The number of hydrogen-bond acceptors (Lipinski definition) is 3. The first-order valence-electron chi connectivity index (χ1n) is 8.08. The molecule has 2 fully saturated rings. The summed E-state index contributed by atoms with van der Waals surface area (Å²) in [5, 5.41) is 0. The van der Waals surface area contributed by atoms with Gasteiger partial charge in [-0.25, -0.2) is 0 Å². The van der Waals surface area contributed by atoms with Gasteiger partial charge in [-0.3, -0.25) is 9.69 Å². The molecule has 0 saturated carbocycles. The van der Waals surface area contributed by atoms with E-state index < -0.39 is 0 Å². The number of piperidine rings is 1. The van der Waals surface area contributed by atoms with Gasteiger partial charge in [-0.1, -0.05) is 12.1 Å². The molecule has 0 spiro atoms. The van der Waals surface area contributed by atoms with Gasteiger partial charge in [-0.2, -0.15) is 0 Å². The zero-order valence-corrected chi connectivity index (χ0v) is 13.9. The van der Waals surface area contributed by atoms with Gasteiger partial charge < -0.3 is 10.6 Å². The highest BCUT2D eigenvalue weighted by Crippen LogP contribution is 2.23. The van der Waals surface area contributed by atoms with Gasteiger partial charge in [0.15, 0.2) is 0 Å². The Morgan fingerprint density at radius 1 is 1.14 bits per heavy atom. The third-order valence-electron chi connectivity index (χ3n) is 4.71. The fourth-order valence-corrected chi connectivity index (χ4v) is 3.48. The van der Waals surface area contributed by atoms with E-state index in [1.54, 1.807) is 0 Å². The maximum atomic E-state index is 12.4. The van der Waals surface area contributed by atoms with E-state index in [9.17, 15) is 4.79 Å². The minimum absolute atomic E-state index is 0. The van der Waals surface area contributed by atoms with Crippen LogP contribution in [0.2, 0.25) is 0 Å². The second kappa shape index (κ2) is 7.84. The fraction of sp³-hybridized carbons (Fsp3) is 0.588. The van der Waals surface area contributed by atoms with Crippen LogP contribution in [0.4, 0.5) is 5.69 Å². The molecule has 0 atom stereocenters. The minimum atomic E-state index is 0. The molecule has 122 valence electrons. The molecule has 0 unspecified atom stereocenters. The summed E-state index contributed by atoms with van der Waals surface area (Å²) in [6.45, 7) is 4.92. The molecule has 1 amide bonds. The van der Waals surface area contributed by atoms with E-state index >= 15 is 0 Å². The summed E-state index contributed by atoms with van der Waals surface area (Å²) in [5.74, 6) is 0.649. The number of benzene rings is 1. The van der Waals surface area contributed by atoms with Crippen molar-refractivity contribution in [3.05, 3.63) is 29.8 Å². The molecule has 1 aromatic carbocycles. The Morgan fingerprint density at radius 2 is 1.82 bits per heavy atom. The van der Waals surface area contributed by atoms with Crippen LogP contribution in [0, 0.1) is 5.92 Å². The second-order valence-corrected chi connectivity index (χ2v) is 6.33. The highest BCUT2D eigenvalue weighted by molar-refractivity contribution is 5.85. The average molecular weight is 324 g/mol. The molecule has 3 rings (SSSR count). The van der Waals surface area contributed by atoms with E-state index in [1.165, 1.54) is 18.4 Å². The number of rotatable bonds is 3. The predicted octanol–water partition coefficient (Wildman–Crippen LogP) is 2.53. The maximum Gasteiger partial charge on any atom is 0.225 e. The van der Waals surface area contributed by atoms with Gasteiger partial charge in [0.25, 0.3) is 0 Å². The number of anilines is 1. The van der Waals surface area contributed by atoms with E-state index in [-0.39, 0.29) is 18.3 Å². The van der Waals surface area contributed by atoms with Crippen molar-refractivity contribution in [1.82, 2.24) is 9.80 Å². The number of hydrogen-bond donors (Lipinski definition) is 1. The third kappa shape index (κ3) is 4.14. The van der Waals surface area contributed by atoms with E-state index in [2.05, 4.69) is 15.9 Å². The molecule has 0 aromatic heterocycles. The van der Waals surface area contributed by atoms with Crippen LogP contribution in [0.3, 0.4) is 0 Å². The summed E-state index contributed by atoms with van der Waals surface area (Å²) in [5.41, 5.74) is 7.92. The number of nitrogens with two attached hydrogens (primary N) is 1. The molecule has 4 nitrogen and oxygen atoms in total. The lowest BCUT2D eigenvalue weighted by atomic mass is 9.95. The Balaban J connectivity index is 0.00000176. The summed E-state index contributed by atoms with van der Waals surface area (Å²) in [4.78, 5) is 16.9. The highest BCUT2D eigenvalue weighted by Gasteiger charge is 2.29. The van der Waals surface area contributed by atoms with Crippen LogP contribution in [0.25, 0.3) is 0 Å². The number of carbonyl (C=O) groups is 1. The van der Waals surface area contributed by atoms with Gasteiger partial charge in [0.2, 0.25) is 5.91 Å². The molecule has 5 heteroatoms. The lowest BCUT2D eigenvalue weighted by Gasteiger charge is -2.33. The summed E-state index contributed by atoms with van der Waals surface area (Å²) >= 11 is 0. The van der Waals surface area contributed by atoms with Gasteiger partial charge in [-0.15, -0.1) is 12.4 Å². The topological polar surface area (TPSA) is 49.6 Å². The number of nitrogens with zero attached hydrogens (tertiary/aromatic N) is 2. The maximum absolute atomic E-state index is 12.4. The Morgan fingerprint density at radius 3 is 2.45 bits per heavy atom. The van der Waals surface area contributed by atoms with Crippen LogP contribution in [0.1, 0.15) is 31.2 Å². The van der Waals surface area contributed by atoms with Crippen molar-refractivity contribution in [1.29, 1.82) is 0 Å². The smallest absolute Gasteiger partial charge is 0.225 e. The van der Waals surface area contributed by atoms with Crippen molar-refractivity contribution in [2.75, 3.05) is 31.9 Å². The van der Waals surface area contributed by atoms with Crippen molar-refractivity contribution in [2.24, 2.45) is 5.92 Å². The second-order valence-electron chi connectivity index (χ2n) is 6.33. The first-order valence-corrected chi connectivity index (χ1v) is 8.08. The summed E-state index contributed by atoms with van der Waals surface area (Å²) in [6.07, 6.45) is 4.36. The van der Waals surface area contributed by atoms with E-state index in [4.69, 9.17) is 5.73 Å². The summed E-state index contributed by atoms with van der Waals surface area (Å²) in [6, 6.07) is 8.10. The quantitative estimate of drug-likeness (QED) is 0.870. The van der Waals surface area contributed by atoms with Crippen molar-refractivity contribution in [2.45, 2.75) is 32.2 Å². The number of likely N-dealkylation sites (tertiary alicyclic amines) is 2. The molecular weight excluding hydrogens is 298 g/mol. The predicted molar refractivity (Wildman–Crippen MR) is 91.9 cm³/mol. The number of carbonyl (C=O) groups excluding carboxylic acids is 1. The van der Waals surface area contributed by atoms with Gasteiger partial charge in [-0.05, 0) is 56.5 Å². The van der Waals surface area contributed by atoms with Crippen LogP contribution in [-0.4, -0.2) is 41.9 Å². The van der Waals surface area contributed by atoms with Crippen LogP contribution >= 0.6 is 12.4 Å². The van der Waals surface area contributed by atoms with Crippen molar-refractivity contribution in [3.63, 3.8) is 0 Å². The number of halogens is 1. The third-order valence-corrected chi connectivity index (χ3v) is 4.71. The SMILES string of the molecule is Cl.Nc1cccc(CN2CCC(C(=O)N3CCCC3)CC2)c1. The van der Waals surface area contributed by atoms with Crippen molar-refractivity contribution >= 4 is 24.0 Å². The van der Waals surface area contributed by atoms with E-state index in [1.807, 2.05) is 18.2 Å². The first kappa shape index (κ1) is 17.1. The van der Waals surface area contributed by atoms with Crippen molar-refractivity contribution in [3.8, 4) is 0 Å². The van der Waals surface area contributed by atoms with E-state index in [0.29, 0.717) is 5.91 Å². The molecule has 2 aliphatic rings. The van der Waals surface area contributed by atoms with Gasteiger partial charge in [0.05, 0.1) is 0 Å². The molecular formula is C17H26ClN3O. The molecule has 0 radical (unpaired) electrons. The molecule has 2 N–H and O–H groups in total. The van der Waals surface area contributed by atoms with Crippen LogP contribution in [-0.2, 0) is 11.3 Å². The van der Waals surface area contributed by atoms with Crippen LogP contribution in [0.15, 0.2) is 24.3 Å². The largest absolute Gasteiger partial charge is 0.399 e. The highest BCUT2D eigenvalue weighted by atomic mass is 35.5. The Hall–Kier alpha value is -1.26. The number of amides is 1. The van der Waals surface area contributed by atoms with Crippen LogP contribution in [0.5, 0.6) is 0 Å². The zero-order chi connectivity index (χ0) is 14.7. The molecule has 22 heavy (non-hydrogen) atoms. The van der Waals surface area contributed by atoms with Gasteiger partial charge in [0.1, 0.15) is 0 Å². The molecule has 1 aromatic rings. The monoisotopic (exact) mass is 323 g/mol. The van der Waals surface area contributed by atoms with Crippen LogP contribution < -0.4 is 5.73 Å². The van der Waals surface area contributed by atoms with Gasteiger partial charge in [0, 0.05) is 31.2 Å². The van der Waals surface area contributed by atoms with Gasteiger partial charge >= 0.3 is 0 Å². The normalized spacial score (nSPS) is 19.9. The Kier molecular flexibility index (Phi) is 6.09. The minimum Gasteiger partial charge on any atom is -0.399 e. The number of nitrogen functional groups attached to an aromatic ring is 1. The lowest BCUT2D eigenvalue weighted by Crippen LogP contribution is -2.41.